The largest absolute Gasteiger partial charge is 0.462 e. The van der Waals surface area contributed by atoms with Crippen LogP contribution in [0, 0.1) is 0 Å². The Bertz CT molecular complexity index is 888. The van der Waals surface area contributed by atoms with Crippen LogP contribution in [0.25, 0.3) is 11.0 Å². The molecular weight excluding hydrogens is 308 g/mol. The quantitative estimate of drug-likeness (QED) is 0.727. The fourth-order valence-corrected chi connectivity index (χ4v) is 2.34. The van der Waals surface area contributed by atoms with E-state index in [-0.39, 0.29) is 30.4 Å². The summed E-state index contributed by atoms with van der Waals surface area (Å²) in [5.74, 6) is -0.637. The molecule has 1 N–H and O–H groups in total. The lowest BCUT2D eigenvalue weighted by atomic mass is 10.2. The highest BCUT2D eigenvalue weighted by Crippen LogP contribution is 2.15. The number of rotatable bonds is 5. The summed E-state index contributed by atoms with van der Waals surface area (Å²) < 4.78 is 6.70. The molecule has 0 aliphatic carbocycles. The minimum absolute atomic E-state index is 0.0688. The fourth-order valence-electron chi connectivity index (χ4n) is 2.34. The second-order valence-corrected chi connectivity index (χ2v) is 5.03. The number of nitrogens with one attached hydrogen (secondary N) is 1. The fraction of sp³-hybridized carbons (Fsp3) is 0.176. The topological polar surface area (TPSA) is 86.1 Å². The van der Waals surface area contributed by atoms with E-state index in [1.165, 1.54) is 6.20 Å². The van der Waals surface area contributed by atoms with E-state index in [2.05, 4.69) is 15.3 Å². The number of anilines is 1. The maximum Gasteiger partial charge on any atom is 0.341 e. The third kappa shape index (κ3) is 3.24. The van der Waals surface area contributed by atoms with Crippen LogP contribution in [0.5, 0.6) is 0 Å². The Labute approximate surface area is 138 Å². The number of amides is 1. The molecule has 0 atom stereocenters. The van der Waals surface area contributed by atoms with Gasteiger partial charge >= 0.3 is 5.97 Å². The molecule has 0 fully saturated rings. The van der Waals surface area contributed by atoms with Gasteiger partial charge in [-0.15, -0.1) is 0 Å². The lowest BCUT2D eigenvalue weighted by Gasteiger charge is -2.10. The Morgan fingerprint density at radius 1 is 1.17 bits per heavy atom. The Balaban J connectivity index is 1.77. The molecule has 122 valence electrons. The van der Waals surface area contributed by atoms with Crippen LogP contribution < -0.4 is 5.32 Å². The Kier molecular flexibility index (Phi) is 4.51. The van der Waals surface area contributed by atoms with Crippen LogP contribution >= 0.6 is 0 Å². The molecule has 2 heterocycles. The predicted octanol–water partition coefficient (Wildman–Crippen LogP) is 2.25. The van der Waals surface area contributed by atoms with E-state index in [0.717, 1.165) is 11.0 Å². The SMILES string of the molecule is CCOC(=O)c1cccnc1NC(=O)Cn1cnc2ccccc21. The van der Waals surface area contributed by atoms with Crippen LogP contribution in [0.1, 0.15) is 17.3 Å². The van der Waals surface area contributed by atoms with Gasteiger partial charge in [-0.1, -0.05) is 12.1 Å². The summed E-state index contributed by atoms with van der Waals surface area (Å²) in [4.78, 5) is 32.5. The number of pyridine rings is 1. The molecule has 2 aromatic heterocycles. The smallest absolute Gasteiger partial charge is 0.341 e. The number of ether oxygens (including phenoxy) is 1. The zero-order valence-corrected chi connectivity index (χ0v) is 13.1. The average molecular weight is 324 g/mol. The zero-order chi connectivity index (χ0) is 16.9. The molecule has 3 rings (SSSR count). The van der Waals surface area contributed by atoms with Gasteiger partial charge in [-0.25, -0.2) is 14.8 Å². The normalized spacial score (nSPS) is 10.5. The monoisotopic (exact) mass is 324 g/mol. The lowest BCUT2D eigenvalue weighted by Crippen LogP contribution is -2.21. The number of nitrogens with zero attached hydrogens (tertiary/aromatic N) is 3. The zero-order valence-electron chi connectivity index (χ0n) is 13.1. The standard InChI is InChI=1S/C17H16N4O3/c1-2-24-17(23)12-6-5-9-18-16(12)20-15(22)10-21-11-19-13-7-3-4-8-14(13)21/h3-9,11H,2,10H2,1H3,(H,18,20,22). The second-order valence-electron chi connectivity index (χ2n) is 5.03. The first kappa shape index (κ1) is 15.7. The number of hydrogen-bond acceptors (Lipinski definition) is 5. The summed E-state index contributed by atoms with van der Waals surface area (Å²) in [6.45, 7) is 2.04. The number of imidazole rings is 1. The van der Waals surface area contributed by atoms with Gasteiger partial charge in [-0.3, -0.25) is 4.79 Å². The number of fused-ring (bicyclic) bond motifs is 1. The summed E-state index contributed by atoms with van der Waals surface area (Å²) >= 11 is 0. The lowest BCUT2D eigenvalue weighted by molar-refractivity contribution is -0.116. The van der Waals surface area contributed by atoms with E-state index in [1.54, 1.807) is 30.0 Å². The molecule has 0 aliphatic heterocycles. The van der Waals surface area contributed by atoms with E-state index >= 15 is 0 Å². The van der Waals surface area contributed by atoms with E-state index in [0.29, 0.717) is 0 Å². The van der Waals surface area contributed by atoms with Crippen LogP contribution in [0.15, 0.2) is 48.9 Å². The highest BCUT2D eigenvalue weighted by atomic mass is 16.5. The first-order chi connectivity index (χ1) is 11.7. The number of esters is 1. The second kappa shape index (κ2) is 6.91. The maximum atomic E-state index is 12.3. The number of carbonyl (C=O) groups excluding carboxylic acids is 2. The van der Waals surface area contributed by atoms with Crippen molar-refractivity contribution in [2.45, 2.75) is 13.5 Å². The van der Waals surface area contributed by atoms with Gasteiger partial charge in [0.1, 0.15) is 17.9 Å². The molecule has 1 amide bonds. The first-order valence-corrected chi connectivity index (χ1v) is 7.51. The van der Waals surface area contributed by atoms with Gasteiger partial charge in [-0.2, -0.15) is 0 Å². The Morgan fingerprint density at radius 2 is 2.00 bits per heavy atom. The van der Waals surface area contributed by atoms with Crippen molar-refractivity contribution >= 4 is 28.7 Å². The van der Waals surface area contributed by atoms with Crippen LogP contribution in [0.4, 0.5) is 5.82 Å². The summed E-state index contributed by atoms with van der Waals surface area (Å²) in [6.07, 6.45) is 3.11. The summed E-state index contributed by atoms with van der Waals surface area (Å²) in [5, 5.41) is 2.65. The average Bonchev–Trinajstić information content (AvgIpc) is 2.98. The third-order valence-corrected chi connectivity index (χ3v) is 3.40. The van der Waals surface area contributed by atoms with Crippen molar-refractivity contribution in [2.75, 3.05) is 11.9 Å². The number of carbonyl (C=O) groups is 2. The van der Waals surface area contributed by atoms with Gasteiger partial charge in [0.05, 0.1) is 24.0 Å². The molecule has 0 bridgehead atoms. The Morgan fingerprint density at radius 3 is 2.83 bits per heavy atom. The molecule has 0 radical (unpaired) electrons. The molecule has 3 aromatic rings. The minimum Gasteiger partial charge on any atom is -0.462 e. The molecule has 0 aliphatic rings. The van der Waals surface area contributed by atoms with Gasteiger partial charge in [-0.05, 0) is 31.2 Å². The van der Waals surface area contributed by atoms with Crippen molar-refractivity contribution in [1.82, 2.24) is 14.5 Å². The van der Waals surface area contributed by atoms with Crippen LogP contribution in [-0.2, 0) is 16.1 Å². The van der Waals surface area contributed by atoms with Gasteiger partial charge in [0.25, 0.3) is 0 Å². The summed E-state index contributed by atoms with van der Waals surface area (Å²) in [6, 6.07) is 10.7. The van der Waals surface area contributed by atoms with Crippen molar-refractivity contribution in [3.05, 3.63) is 54.5 Å². The van der Waals surface area contributed by atoms with Crippen molar-refractivity contribution in [3.8, 4) is 0 Å². The van der Waals surface area contributed by atoms with Gasteiger partial charge < -0.3 is 14.6 Å². The predicted molar refractivity (Wildman–Crippen MR) is 88.6 cm³/mol. The third-order valence-electron chi connectivity index (χ3n) is 3.40. The van der Waals surface area contributed by atoms with Crippen molar-refractivity contribution in [1.29, 1.82) is 0 Å². The first-order valence-electron chi connectivity index (χ1n) is 7.51. The molecule has 7 nitrogen and oxygen atoms in total. The number of hydrogen-bond donors (Lipinski definition) is 1. The highest BCUT2D eigenvalue weighted by molar-refractivity contribution is 6.00. The van der Waals surface area contributed by atoms with Gasteiger partial charge in [0, 0.05) is 6.20 Å². The molecular formula is C17H16N4O3. The molecule has 0 saturated heterocycles. The van der Waals surface area contributed by atoms with Crippen molar-refractivity contribution in [3.63, 3.8) is 0 Å². The number of aromatic nitrogens is 3. The molecule has 0 spiro atoms. The van der Waals surface area contributed by atoms with Crippen LogP contribution in [0.2, 0.25) is 0 Å². The van der Waals surface area contributed by atoms with Crippen LogP contribution in [0.3, 0.4) is 0 Å². The van der Waals surface area contributed by atoms with Gasteiger partial charge in [0.2, 0.25) is 5.91 Å². The molecule has 24 heavy (non-hydrogen) atoms. The molecule has 0 saturated carbocycles. The number of para-hydroxylation sites is 2. The van der Waals surface area contributed by atoms with Gasteiger partial charge in [0.15, 0.2) is 0 Å². The molecule has 1 aromatic carbocycles. The molecule has 7 heteroatoms. The minimum atomic E-state index is -0.519. The van der Waals surface area contributed by atoms with Crippen LogP contribution in [-0.4, -0.2) is 33.0 Å². The Hall–Kier alpha value is -3.22. The van der Waals surface area contributed by atoms with E-state index in [1.807, 2.05) is 24.3 Å². The molecule has 0 unspecified atom stereocenters. The maximum absolute atomic E-state index is 12.3. The summed E-state index contributed by atoms with van der Waals surface area (Å²) in [7, 11) is 0. The van der Waals surface area contributed by atoms with Crippen molar-refractivity contribution < 1.29 is 14.3 Å². The van der Waals surface area contributed by atoms with E-state index < -0.39 is 5.97 Å². The summed E-state index contributed by atoms with van der Waals surface area (Å²) in [5.41, 5.74) is 1.90. The number of benzene rings is 1. The van der Waals surface area contributed by atoms with Crippen molar-refractivity contribution in [2.24, 2.45) is 0 Å². The van der Waals surface area contributed by atoms with E-state index in [9.17, 15) is 9.59 Å². The van der Waals surface area contributed by atoms with E-state index in [4.69, 9.17) is 4.74 Å². The highest BCUT2D eigenvalue weighted by Gasteiger charge is 2.16.